The highest BCUT2D eigenvalue weighted by atomic mass is 32.1. The van der Waals surface area contributed by atoms with Crippen LogP contribution in [-0.2, 0) is 16.0 Å². The molecule has 1 N–H and O–H groups in total. The van der Waals surface area contributed by atoms with Crippen molar-refractivity contribution >= 4 is 39.8 Å². The number of thiophene rings is 1. The van der Waals surface area contributed by atoms with E-state index in [9.17, 15) is 9.59 Å². The van der Waals surface area contributed by atoms with Gasteiger partial charge in [-0.05, 0) is 41.6 Å². The molecule has 2 aromatic carbocycles. The first-order valence-corrected chi connectivity index (χ1v) is 10.5. The number of hydrogen-bond donors (Lipinski definition) is 1. The van der Waals surface area contributed by atoms with Gasteiger partial charge in [-0.1, -0.05) is 49.4 Å². The largest absolute Gasteiger partial charge is 0.452 e. The Morgan fingerprint density at radius 2 is 1.83 bits per heavy atom. The number of nitrogens with one attached hydrogen (secondary N) is 1. The van der Waals surface area contributed by atoms with E-state index in [0.717, 1.165) is 22.5 Å². The van der Waals surface area contributed by atoms with Gasteiger partial charge in [-0.3, -0.25) is 4.79 Å². The second-order valence-electron chi connectivity index (χ2n) is 6.68. The summed E-state index contributed by atoms with van der Waals surface area (Å²) in [4.78, 5) is 30.8. The van der Waals surface area contributed by atoms with Crippen molar-refractivity contribution in [1.82, 2.24) is 4.98 Å². The van der Waals surface area contributed by atoms with Crippen molar-refractivity contribution in [3.63, 3.8) is 0 Å². The van der Waals surface area contributed by atoms with Crippen LogP contribution in [0.2, 0.25) is 0 Å². The molecular weight excluding hydrogens is 396 g/mol. The molecule has 1 amide bonds. The van der Waals surface area contributed by atoms with Crippen LogP contribution >= 0.6 is 11.3 Å². The number of hydrogen-bond acceptors (Lipinski definition) is 5. The van der Waals surface area contributed by atoms with Crippen LogP contribution in [0.1, 0.15) is 22.8 Å². The zero-order valence-electron chi connectivity index (χ0n) is 16.4. The molecule has 4 aromatic rings. The zero-order valence-corrected chi connectivity index (χ0v) is 17.2. The van der Waals surface area contributed by atoms with E-state index in [4.69, 9.17) is 4.74 Å². The fourth-order valence-electron chi connectivity index (χ4n) is 3.24. The topological polar surface area (TPSA) is 68.3 Å². The van der Waals surface area contributed by atoms with Crippen LogP contribution in [0.3, 0.4) is 0 Å². The standard InChI is InChI=1S/C24H20N2O3S/c1-2-16-8-3-5-10-19(16)26-23(27)15-29-24(28)18-14-21(22-12-7-13-30-22)25-20-11-6-4-9-17(18)20/h3-14H,2,15H2,1H3,(H,26,27). The van der Waals surface area contributed by atoms with Gasteiger partial charge in [-0.25, -0.2) is 9.78 Å². The second kappa shape index (κ2) is 8.88. The Morgan fingerprint density at radius 3 is 2.63 bits per heavy atom. The lowest BCUT2D eigenvalue weighted by Gasteiger charge is -2.11. The van der Waals surface area contributed by atoms with Crippen molar-refractivity contribution < 1.29 is 14.3 Å². The third kappa shape index (κ3) is 4.23. The summed E-state index contributed by atoms with van der Waals surface area (Å²) in [6.07, 6.45) is 0.796. The Balaban J connectivity index is 1.54. The Kier molecular flexibility index (Phi) is 5.86. The van der Waals surface area contributed by atoms with Crippen molar-refractivity contribution in [2.24, 2.45) is 0 Å². The molecule has 6 heteroatoms. The van der Waals surface area contributed by atoms with Crippen LogP contribution in [-0.4, -0.2) is 23.5 Å². The molecule has 0 spiro atoms. The van der Waals surface area contributed by atoms with E-state index >= 15 is 0 Å². The molecule has 0 radical (unpaired) electrons. The normalized spacial score (nSPS) is 10.7. The number of aryl methyl sites for hydroxylation is 1. The van der Waals surface area contributed by atoms with E-state index in [1.54, 1.807) is 17.4 Å². The number of pyridine rings is 1. The predicted octanol–water partition coefficient (Wildman–Crippen LogP) is 5.32. The van der Waals surface area contributed by atoms with Gasteiger partial charge < -0.3 is 10.1 Å². The molecule has 5 nitrogen and oxygen atoms in total. The quantitative estimate of drug-likeness (QED) is 0.432. The molecule has 2 aromatic heterocycles. The first kappa shape index (κ1) is 19.8. The van der Waals surface area contributed by atoms with Gasteiger partial charge >= 0.3 is 5.97 Å². The van der Waals surface area contributed by atoms with Gasteiger partial charge in [0.1, 0.15) is 0 Å². The lowest BCUT2D eigenvalue weighted by atomic mass is 10.1. The molecule has 0 aliphatic heterocycles. The molecule has 30 heavy (non-hydrogen) atoms. The molecule has 2 heterocycles. The average Bonchev–Trinajstić information content (AvgIpc) is 3.32. The highest BCUT2D eigenvalue weighted by molar-refractivity contribution is 7.13. The van der Waals surface area contributed by atoms with Crippen LogP contribution < -0.4 is 5.32 Å². The Bertz CT molecular complexity index is 1200. The van der Waals surface area contributed by atoms with Crippen molar-refractivity contribution in [3.8, 4) is 10.6 Å². The second-order valence-corrected chi connectivity index (χ2v) is 7.63. The predicted molar refractivity (Wildman–Crippen MR) is 120 cm³/mol. The number of aromatic nitrogens is 1. The Morgan fingerprint density at radius 1 is 1.03 bits per heavy atom. The Hall–Kier alpha value is -3.51. The smallest absolute Gasteiger partial charge is 0.339 e. The number of esters is 1. The van der Waals surface area contributed by atoms with Crippen molar-refractivity contribution in [2.75, 3.05) is 11.9 Å². The molecule has 150 valence electrons. The van der Waals surface area contributed by atoms with Crippen molar-refractivity contribution in [3.05, 3.63) is 83.2 Å². The van der Waals surface area contributed by atoms with Crippen molar-refractivity contribution in [1.29, 1.82) is 0 Å². The minimum Gasteiger partial charge on any atom is -0.452 e. The minimum atomic E-state index is -0.551. The molecule has 0 aliphatic carbocycles. The maximum atomic E-state index is 12.8. The van der Waals surface area contributed by atoms with Crippen LogP contribution in [0.4, 0.5) is 5.69 Å². The highest BCUT2D eigenvalue weighted by Gasteiger charge is 2.17. The maximum absolute atomic E-state index is 12.8. The molecule has 0 unspecified atom stereocenters. The first-order valence-electron chi connectivity index (χ1n) is 9.64. The number of para-hydroxylation sites is 2. The summed E-state index contributed by atoms with van der Waals surface area (Å²) in [7, 11) is 0. The molecular formula is C24H20N2O3S. The van der Waals surface area contributed by atoms with Gasteiger partial charge in [0, 0.05) is 11.1 Å². The van der Waals surface area contributed by atoms with E-state index in [0.29, 0.717) is 22.2 Å². The van der Waals surface area contributed by atoms with E-state index < -0.39 is 5.97 Å². The number of fused-ring (bicyclic) bond motifs is 1. The number of amides is 1. The SMILES string of the molecule is CCc1ccccc1NC(=O)COC(=O)c1cc(-c2cccs2)nc2ccccc12. The van der Waals surface area contributed by atoms with E-state index in [-0.39, 0.29) is 12.5 Å². The summed E-state index contributed by atoms with van der Waals surface area (Å²) in [5, 5.41) is 5.47. The van der Waals surface area contributed by atoms with Gasteiger partial charge in [0.05, 0.1) is 21.7 Å². The van der Waals surface area contributed by atoms with Crippen LogP contribution in [0.15, 0.2) is 72.1 Å². The van der Waals surface area contributed by atoms with E-state index in [2.05, 4.69) is 10.3 Å². The summed E-state index contributed by atoms with van der Waals surface area (Å²) >= 11 is 1.55. The van der Waals surface area contributed by atoms with Crippen LogP contribution in [0.5, 0.6) is 0 Å². The average molecular weight is 417 g/mol. The summed E-state index contributed by atoms with van der Waals surface area (Å²) in [5.74, 6) is -0.925. The number of rotatable bonds is 6. The number of anilines is 1. The zero-order chi connectivity index (χ0) is 20.9. The summed E-state index contributed by atoms with van der Waals surface area (Å²) < 4.78 is 5.34. The highest BCUT2D eigenvalue weighted by Crippen LogP contribution is 2.28. The molecule has 0 atom stereocenters. The van der Waals surface area contributed by atoms with Crippen LogP contribution in [0, 0.1) is 0 Å². The van der Waals surface area contributed by atoms with Gasteiger partial charge in [-0.2, -0.15) is 0 Å². The van der Waals surface area contributed by atoms with Crippen molar-refractivity contribution in [2.45, 2.75) is 13.3 Å². The number of ether oxygens (including phenoxy) is 1. The summed E-state index contributed by atoms with van der Waals surface area (Å²) in [6, 6.07) is 20.6. The van der Waals surface area contributed by atoms with Gasteiger partial charge in [0.2, 0.25) is 0 Å². The number of carbonyl (C=O) groups is 2. The first-order chi connectivity index (χ1) is 14.7. The molecule has 0 saturated heterocycles. The van der Waals surface area contributed by atoms with Gasteiger partial charge in [-0.15, -0.1) is 11.3 Å². The lowest BCUT2D eigenvalue weighted by molar-refractivity contribution is -0.119. The monoisotopic (exact) mass is 416 g/mol. The number of nitrogens with zero attached hydrogens (tertiary/aromatic N) is 1. The molecule has 4 rings (SSSR count). The maximum Gasteiger partial charge on any atom is 0.339 e. The fraction of sp³-hybridized carbons (Fsp3) is 0.125. The van der Waals surface area contributed by atoms with E-state index in [1.807, 2.05) is 73.0 Å². The minimum absolute atomic E-state index is 0.359. The van der Waals surface area contributed by atoms with Gasteiger partial charge in [0.15, 0.2) is 6.61 Å². The summed E-state index contributed by atoms with van der Waals surface area (Å²) in [6.45, 7) is 1.66. The molecule has 0 bridgehead atoms. The molecule has 0 fully saturated rings. The van der Waals surface area contributed by atoms with Crippen LogP contribution in [0.25, 0.3) is 21.5 Å². The lowest BCUT2D eigenvalue weighted by Crippen LogP contribution is -2.21. The molecule has 0 aliphatic rings. The Labute approximate surface area is 178 Å². The third-order valence-corrected chi connectivity index (χ3v) is 5.61. The van der Waals surface area contributed by atoms with Gasteiger partial charge in [0.25, 0.3) is 5.91 Å². The summed E-state index contributed by atoms with van der Waals surface area (Å²) in [5.41, 5.74) is 3.56. The number of carbonyl (C=O) groups excluding carboxylic acids is 2. The van der Waals surface area contributed by atoms with E-state index in [1.165, 1.54) is 0 Å². The number of benzene rings is 2. The molecule has 0 saturated carbocycles. The fourth-order valence-corrected chi connectivity index (χ4v) is 3.93. The third-order valence-electron chi connectivity index (χ3n) is 4.72.